The standard InChI is InChI=1S/C23H27N5O2.ClH/c1-17(2)30-22-10-9-19(16-24-22)28-21(18-7-5-4-6-8-18)15-20(25-28)23(29)27-13-11-26(3)12-14-27;/h4-10,15-17H,11-14H2,1-3H3;1H. The van der Waals surface area contributed by atoms with Gasteiger partial charge in [-0.3, -0.25) is 4.79 Å². The Bertz CT molecular complexity index is 997. The molecule has 0 bridgehead atoms. The van der Waals surface area contributed by atoms with Gasteiger partial charge >= 0.3 is 0 Å². The summed E-state index contributed by atoms with van der Waals surface area (Å²) in [4.78, 5) is 21.6. The molecule has 7 nitrogen and oxygen atoms in total. The maximum Gasteiger partial charge on any atom is 0.274 e. The molecule has 1 fully saturated rings. The van der Waals surface area contributed by atoms with Crippen LogP contribution in [0.5, 0.6) is 5.88 Å². The molecule has 0 N–H and O–H groups in total. The maximum absolute atomic E-state index is 13.1. The maximum atomic E-state index is 13.1. The van der Waals surface area contributed by atoms with Crippen molar-refractivity contribution < 1.29 is 9.53 Å². The van der Waals surface area contributed by atoms with Gasteiger partial charge in [0.05, 0.1) is 23.7 Å². The minimum atomic E-state index is -0.0354. The largest absolute Gasteiger partial charge is 0.475 e. The summed E-state index contributed by atoms with van der Waals surface area (Å²) in [6, 6.07) is 15.6. The van der Waals surface area contributed by atoms with Crippen LogP contribution in [-0.2, 0) is 0 Å². The van der Waals surface area contributed by atoms with E-state index in [2.05, 4.69) is 22.0 Å². The van der Waals surface area contributed by atoms with Crippen LogP contribution in [-0.4, -0.2) is 69.8 Å². The third-order valence-electron chi connectivity index (χ3n) is 5.11. The molecule has 0 atom stereocenters. The zero-order valence-corrected chi connectivity index (χ0v) is 18.9. The minimum absolute atomic E-state index is 0. The summed E-state index contributed by atoms with van der Waals surface area (Å²) in [5.41, 5.74) is 3.07. The summed E-state index contributed by atoms with van der Waals surface area (Å²) in [6.45, 7) is 7.11. The monoisotopic (exact) mass is 441 g/mol. The number of hydrogen-bond donors (Lipinski definition) is 0. The number of carbonyl (C=O) groups is 1. The number of hydrogen-bond acceptors (Lipinski definition) is 5. The van der Waals surface area contributed by atoms with Crippen LogP contribution in [0.25, 0.3) is 16.9 Å². The second kappa shape index (κ2) is 9.94. The van der Waals surface area contributed by atoms with E-state index < -0.39 is 0 Å². The summed E-state index contributed by atoms with van der Waals surface area (Å²) >= 11 is 0. The number of halogens is 1. The number of nitrogens with zero attached hydrogens (tertiary/aromatic N) is 5. The van der Waals surface area contributed by atoms with Gasteiger partial charge in [-0.2, -0.15) is 5.10 Å². The van der Waals surface area contributed by atoms with Crippen LogP contribution in [0.15, 0.2) is 54.7 Å². The van der Waals surface area contributed by atoms with Gasteiger partial charge in [0.15, 0.2) is 5.69 Å². The highest BCUT2D eigenvalue weighted by Crippen LogP contribution is 2.25. The van der Waals surface area contributed by atoms with Gasteiger partial charge in [-0.25, -0.2) is 9.67 Å². The average molecular weight is 442 g/mol. The van der Waals surface area contributed by atoms with E-state index >= 15 is 0 Å². The Labute approximate surface area is 189 Å². The molecule has 8 heteroatoms. The van der Waals surface area contributed by atoms with Crippen molar-refractivity contribution in [3.8, 4) is 22.8 Å². The molecule has 1 saturated heterocycles. The third kappa shape index (κ3) is 5.24. The highest BCUT2D eigenvalue weighted by molar-refractivity contribution is 5.93. The highest BCUT2D eigenvalue weighted by Gasteiger charge is 2.24. The van der Waals surface area contributed by atoms with E-state index in [9.17, 15) is 4.79 Å². The summed E-state index contributed by atoms with van der Waals surface area (Å²) in [6.07, 6.45) is 1.78. The SMILES string of the molecule is CC(C)Oc1ccc(-n2nc(C(=O)N3CCN(C)CC3)cc2-c2ccccc2)cn1.Cl. The molecule has 2 aromatic heterocycles. The first-order chi connectivity index (χ1) is 14.5. The summed E-state index contributed by atoms with van der Waals surface area (Å²) in [5, 5.41) is 4.67. The molecule has 3 aromatic rings. The molecular weight excluding hydrogens is 414 g/mol. The number of carbonyl (C=O) groups excluding carboxylic acids is 1. The number of rotatable bonds is 5. The quantitative estimate of drug-likeness (QED) is 0.606. The highest BCUT2D eigenvalue weighted by atomic mass is 35.5. The fourth-order valence-corrected chi connectivity index (χ4v) is 3.48. The Morgan fingerprint density at radius 1 is 1.03 bits per heavy atom. The van der Waals surface area contributed by atoms with Gasteiger partial charge in [0.1, 0.15) is 0 Å². The molecule has 4 rings (SSSR count). The predicted molar refractivity (Wildman–Crippen MR) is 123 cm³/mol. The van der Waals surface area contributed by atoms with Crippen molar-refractivity contribution in [2.24, 2.45) is 0 Å². The van der Waals surface area contributed by atoms with Crippen LogP contribution < -0.4 is 4.74 Å². The van der Waals surface area contributed by atoms with Crippen LogP contribution >= 0.6 is 12.4 Å². The van der Waals surface area contributed by atoms with E-state index in [-0.39, 0.29) is 24.4 Å². The van der Waals surface area contributed by atoms with Crippen LogP contribution in [0.1, 0.15) is 24.3 Å². The molecule has 0 spiro atoms. The van der Waals surface area contributed by atoms with Crippen molar-refractivity contribution in [3.05, 3.63) is 60.4 Å². The molecule has 1 aliphatic rings. The molecule has 164 valence electrons. The third-order valence-corrected chi connectivity index (χ3v) is 5.11. The lowest BCUT2D eigenvalue weighted by molar-refractivity contribution is 0.0657. The molecule has 0 aliphatic carbocycles. The van der Waals surface area contributed by atoms with Gasteiger partial charge in [-0.1, -0.05) is 30.3 Å². The Hall–Kier alpha value is -2.90. The topological polar surface area (TPSA) is 63.5 Å². The van der Waals surface area contributed by atoms with E-state index in [1.807, 2.05) is 67.3 Å². The van der Waals surface area contributed by atoms with Gasteiger partial charge in [-0.05, 0) is 33.0 Å². The van der Waals surface area contributed by atoms with Crippen LogP contribution in [0.3, 0.4) is 0 Å². The lowest BCUT2D eigenvalue weighted by atomic mass is 10.1. The normalized spacial score (nSPS) is 14.4. The zero-order valence-electron chi connectivity index (χ0n) is 18.1. The van der Waals surface area contributed by atoms with Gasteiger partial charge in [0, 0.05) is 37.8 Å². The number of pyridine rings is 1. The average Bonchev–Trinajstić information content (AvgIpc) is 3.20. The molecule has 0 saturated carbocycles. The first-order valence-corrected chi connectivity index (χ1v) is 10.3. The van der Waals surface area contributed by atoms with Crippen molar-refractivity contribution in [2.75, 3.05) is 33.2 Å². The number of amides is 1. The Morgan fingerprint density at radius 3 is 2.35 bits per heavy atom. The number of aromatic nitrogens is 3. The van der Waals surface area contributed by atoms with Gasteiger partial charge in [-0.15, -0.1) is 12.4 Å². The van der Waals surface area contributed by atoms with E-state index in [0.29, 0.717) is 24.7 Å². The van der Waals surface area contributed by atoms with Gasteiger partial charge in [0.25, 0.3) is 5.91 Å². The second-order valence-electron chi connectivity index (χ2n) is 7.81. The van der Waals surface area contributed by atoms with Gasteiger partial charge < -0.3 is 14.5 Å². The fraction of sp³-hybridized carbons (Fsp3) is 0.348. The van der Waals surface area contributed by atoms with E-state index in [4.69, 9.17) is 4.74 Å². The number of likely N-dealkylation sites (N-methyl/N-ethyl adjacent to an activating group) is 1. The number of piperazine rings is 1. The number of ether oxygens (including phenoxy) is 1. The predicted octanol–water partition coefficient (Wildman–Crippen LogP) is 3.53. The smallest absolute Gasteiger partial charge is 0.274 e. The fourth-order valence-electron chi connectivity index (χ4n) is 3.48. The minimum Gasteiger partial charge on any atom is -0.475 e. The molecule has 1 amide bonds. The molecule has 0 unspecified atom stereocenters. The molecule has 3 heterocycles. The lowest BCUT2D eigenvalue weighted by Gasteiger charge is -2.31. The van der Waals surface area contributed by atoms with Crippen molar-refractivity contribution in [1.82, 2.24) is 24.6 Å². The molecule has 31 heavy (non-hydrogen) atoms. The van der Waals surface area contributed by atoms with Crippen molar-refractivity contribution in [3.63, 3.8) is 0 Å². The zero-order chi connectivity index (χ0) is 21.1. The van der Waals surface area contributed by atoms with Crippen molar-refractivity contribution in [1.29, 1.82) is 0 Å². The van der Waals surface area contributed by atoms with Crippen LogP contribution in [0, 0.1) is 0 Å². The first-order valence-electron chi connectivity index (χ1n) is 10.3. The van der Waals surface area contributed by atoms with E-state index in [1.54, 1.807) is 10.9 Å². The van der Waals surface area contributed by atoms with Crippen molar-refractivity contribution in [2.45, 2.75) is 20.0 Å². The number of benzene rings is 1. The lowest BCUT2D eigenvalue weighted by Crippen LogP contribution is -2.47. The molecule has 1 aliphatic heterocycles. The first kappa shape index (κ1) is 22.8. The van der Waals surface area contributed by atoms with Crippen LogP contribution in [0.2, 0.25) is 0 Å². The molecular formula is C23H28ClN5O2. The second-order valence-corrected chi connectivity index (χ2v) is 7.81. The van der Waals surface area contributed by atoms with Crippen molar-refractivity contribution >= 4 is 18.3 Å². The molecule has 1 aromatic carbocycles. The van der Waals surface area contributed by atoms with E-state index in [1.165, 1.54) is 0 Å². The Kier molecular flexibility index (Phi) is 7.30. The van der Waals surface area contributed by atoms with E-state index in [0.717, 1.165) is 30.0 Å². The molecule has 0 radical (unpaired) electrons. The van der Waals surface area contributed by atoms with Crippen LogP contribution in [0.4, 0.5) is 0 Å². The van der Waals surface area contributed by atoms with Gasteiger partial charge in [0.2, 0.25) is 5.88 Å². The Balaban J connectivity index is 0.00000272. The summed E-state index contributed by atoms with van der Waals surface area (Å²) in [7, 11) is 2.07. The summed E-state index contributed by atoms with van der Waals surface area (Å²) in [5.74, 6) is 0.530. The summed E-state index contributed by atoms with van der Waals surface area (Å²) < 4.78 is 7.43. The Morgan fingerprint density at radius 2 is 1.74 bits per heavy atom.